The summed E-state index contributed by atoms with van der Waals surface area (Å²) in [5.74, 6) is -2.93. The van der Waals surface area contributed by atoms with Crippen molar-refractivity contribution in [3.8, 4) is 0 Å². The number of amides is 2. The van der Waals surface area contributed by atoms with Crippen LogP contribution in [0.2, 0.25) is 0 Å². The molecule has 0 unspecified atom stereocenters. The summed E-state index contributed by atoms with van der Waals surface area (Å²) < 4.78 is 3.31. The maximum Gasteiger partial charge on any atom is 0.351 e. The van der Waals surface area contributed by atoms with E-state index in [9.17, 15) is 39.5 Å². The summed E-state index contributed by atoms with van der Waals surface area (Å²) in [5.41, 5.74) is 7.96. The van der Waals surface area contributed by atoms with Gasteiger partial charge in [-0.05, 0) is 0 Å². The van der Waals surface area contributed by atoms with Gasteiger partial charge in [0.15, 0.2) is 13.1 Å². The molecule has 0 saturated carbocycles. The second kappa shape index (κ2) is 11.6. The van der Waals surface area contributed by atoms with Gasteiger partial charge in [-0.2, -0.15) is 0 Å². The number of hydrogen-bond donors (Lipinski definition) is 4. The van der Waals surface area contributed by atoms with Crippen LogP contribution in [0.15, 0.2) is 18.2 Å². The van der Waals surface area contributed by atoms with E-state index in [4.69, 9.17) is 11.5 Å². The van der Waals surface area contributed by atoms with Crippen LogP contribution in [-0.4, -0.2) is 82.4 Å². The molecule has 2 amide bonds. The Kier molecular flexibility index (Phi) is 9.89. The summed E-state index contributed by atoms with van der Waals surface area (Å²) >= 11 is 0. The molecule has 0 fully saturated rings. The smallest absolute Gasteiger partial charge is 0.351 e. The summed E-state index contributed by atoms with van der Waals surface area (Å²) in [7, 11) is 3.51. The van der Waals surface area contributed by atoms with Crippen molar-refractivity contribution in [2.45, 2.75) is 0 Å². The summed E-state index contributed by atoms with van der Waals surface area (Å²) in [6.45, 7) is 0.762. The average molecular weight is 455 g/mol. The molecule has 0 saturated heterocycles. The summed E-state index contributed by atoms with van der Waals surface area (Å²) in [6.07, 6.45) is 0. The third-order valence-electron chi connectivity index (χ3n) is 3.78. The van der Waals surface area contributed by atoms with Crippen molar-refractivity contribution in [1.29, 1.82) is 0 Å². The van der Waals surface area contributed by atoms with Gasteiger partial charge in [-0.25, -0.2) is 10.6 Å². The molecule has 16 nitrogen and oxygen atoms in total. The SMILES string of the molecule is C[N+]1=C(N)NC(=O)C1.C[N+]1=C(N)NC(=O)C1.O.O=C([O-])c1cccc([N+](=O)[O-])c1C(=O)[O-]. The zero-order valence-corrected chi connectivity index (χ0v) is 16.9. The lowest BCUT2D eigenvalue weighted by Gasteiger charge is -2.10. The Hall–Kier alpha value is -4.60. The lowest BCUT2D eigenvalue weighted by molar-refractivity contribution is -0.480. The number of nitrogens with two attached hydrogens (primary N) is 2. The van der Waals surface area contributed by atoms with Gasteiger partial charge in [-0.3, -0.25) is 40.3 Å². The highest BCUT2D eigenvalue weighted by Gasteiger charge is 2.21. The van der Waals surface area contributed by atoms with Crippen LogP contribution in [0, 0.1) is 10.1 Å². The molecule has 2 aliphatic rings. The number of likely N-dealkylation sites (N-methyl/N-ethyl adjacent to an activating group) is 2. The lowest BCUT2D eigenvalue weighted by Crippen LogP contribution is -2.32. The summed E-state index contributed by atoms with van der Waals surface area (Å²) in [5, 5.41) is 36.3. The van der Waals surface area contributed by atoms with Crippen LogP contribution in [0.1, 0.15) is 20.7 Å². The third-order valence-corrected chi connectivity index (χ3v) is 3.78. The van der Waals surface area contributed by atoms with Crippen LogP contribution in [0.3, 0.4) is 0 Å². The Morgan fingerprint density at radius 1 is 0.969 bits per heavy atom. The largest absolute Gasteiger partial charge is 0.545 e. The molecule has 8 N–H and O–H groups in total. The predicted molar refractivity (Wildman–Crippen MR) is 102 cm³/mol. The molecule has 16 heteroatoms. The van der Waals surface area contributed by atoms with E-state index >= 15 is 0 Å². The number of carboxylic acids is 2. The fraction of sp³-hybridized carbons (Fsp3) is 0.250. The van der Waals surface area contributed by atoms with E-state index in [0.29, 0.717) is 25.0 Å². The Labute approximate surface area is 179 Å². The first kappa shape index (κ1) is 27.4. The number of carbonyl (C=O) groups is 4. The molecule has 1 aromatic rings. The van der Waals surface area contributed by atoms with Crippen LogP contribution < -0.4 is 32.3 Å². The maximum atomic E-state index is 10.5. The number of benzene rings is 1. The first-order valence-electron chi connectivity index (χ1n) is 8.32. The minimum Gasteiger partial charge on any atom is -0.545 e. The van der Waals surface area contributed by atoms with Gasteiger partial charge < -0.3 is 25.3 Å². The molecule has 0 atom stereocenters. The highest BCUT2D eigenvalue weighted by atomic mass is 16.6. The first-order valence-corrected chi connectivity index (χ1v) is 8.32. The van der Waals surface area contributed by atoms with Crippen molar-refractivity contribution in [3.05, 3.63) is 39.4 Å². The molecule has 0 spiro atoms. The number of nitro groups is 1. The quantitative estimate of drug-likeness (QED) is 0.190. The molecule has 2 aliphatic heterocycles. The number of carboxylic acid groups (broad SMARTS) is 2. The number of nitro benzene ring substituents is 1. The van der Waals surface area contributed by atoms with Gasteiger partial charge in [-0.1, -0.05) is 12.1 Å². The Bertz CT molecular complexity index is 915. The van der Waals surface area contributed by atoms with Crippen LogP contribution in [0.25, 0.3) is 0 Å². The number of guanidine groups is 2. The minimum absolute atomic E-state index is 0. The second-order valence-electron chi connectivity index (χ2n) is 6.11. The molecule has 0 bridgehead atoms. The van der Waals surface area contributed by atoms with E-state index in [2.05, 4.69) is 10.6 Å². The predicted octanol–water partition coefficient (Wildman–Crippen LogP) is -6.36. The van der Waals surface area contributed by atoms with Crippen LogP contribution in [0.5, 0.6) is 0 Å². The normalized spacial score (nSPS) is 14.2. The number of nitrogens with one attached hydrogen (secondary N) is 2. The molecule has 0 aromatic heterocycles. The Morgan fingerprint density at radius 2 is 1.41 bits per heavy atom. The summed E-state index contributed by atoms with van der Waals surface area (Å²) in [6, 6.07) is 2.82. The van der Waals surface area contributed by atoms with Crippen molar-refractivity contribution in [2.75, 3.05) is 27.2 Å². The average Bonchev–Trinajstić information content (AvgIpc) is 3.12. The molecule has 2 heterocycles. The van der Waals surface area contributed by atoms with Crippen molar-refractivity contribution in [3.63, 3.8) is 0 Å². The molecule has 174 valence electrons. The number of carbonyl (C=O) groups excluding carboxylic acids is 4. The highest BCUT2D eigenvalue weighted by Crippen LogP contribution is 2.21. The molecular weight excluding hydrogens is 434 g/mol. The van der Waals surface area contributed by atoms with E-state index in [-0.39, 0.29) is 17.3 Å². The van der Waals surface area contributed by atoms with E-state index in [1.54, 1.807) is 23.2 Å². The highest BCUT2D eigenvalue weighted by molar-refractivity contribution is 6.03. The van der Waals surface area contributed by atoms with Crippen molar-refractivity contribution >= 4 is 41.4 Å². The van der Waals surface area contributed by atoms with Gasteiger partial charge in [-0.15, -0.1) is 0 Å². The molecular formula is C16H21N7O9. The fourth-order valence-corrected chi connectivity index (χ4v) is 2.23. The first-order chi connectivity index (χ1) is 14.3. The molecule has 1 aromatic carbocycles. The van der Waals surface area contributed by atoms with Gasteiger partial charge in [0.05, 0.1) is 36.5 Å². The monoisotopic (exact) mass is 455 g/mol. The zero-order chi connectivity index (χ0) is 23.9. The van der Waals surface area contributed by atoms with Gasteiger partial charge >= 0.3 is 23.7 Å². The van der Waals surface area contributed by atoms with Crippen LogP contribution in [-0.2, 0) is 9.59 Å². The maximum absolute atomic E-state index is 10.5. The fourth-order valence-electron chi connectivity index (χ4n) is 2.23. The second-order valence-corrected chi connectivity index (χ2v) is 6.11. The van der Waals surface area contributed by atoms with Crippen LogP contribution >= 0.6 is 0 Å². The van der Waals surface area contributed by atoms with E-state index in [1.165, 1.54) is 0 Å². The Morgan fingerprint density at radius 3 is 1.62 bits per heavy atom. The number of nitrogens with zero attached hydrogens (tertiary/aromatic N) is 3. The number of hydrogen-bond acceptors (Lipinski definition) is 10. The topological polar surface area (TPSA) is 271 Å². The third kappa shape index (κ3) is 7.34. The van der Waals surface area contributed by atoms with E-state index in [0.717, 1.165) is 18.2 Å². The van der Waals surface area contributed by atoms with Gasteiger partial charge in [0.2, 0.25) is 0 Å². The van der Waals surface area contributed by atoms with Crippen LogP contribution in [0.4, 0.5) is 5.69 Å². The van der Waals surface area contributed by atoms with E-state index in [1.807, 2.05) is 0 Å². The standard InChI is InChI=1S/C8H5NO6.2C4H7N3O.H2O/c10-7(11)4-2-1-3-5(9(14)15)6(4)8(12)13;2*1-7-2-3(8)6-4(7)5;/h1-3H,(H,10,11)(H,12,13);2*2H2,1H3,(H2,5,6,8);1H2. The Balaban J connectivity index is 0.000000480. The summed E-state index contributed by atoms with van der Waals surface area (Å²) in [4.78, 5) is 51.2. The van der Waals surface area contributed by atoms with Gasteiger partial charge in [0, 0.05) is 11.6 Å². The minimum atomic E-state index is -1.93. The zero-order valence-electron chi connectivity index (χ0n) is 16.9. The van der Waals surface area contributed by atoms with E-state index < -0.39 is 33.7 Å². The number of aromatic carboxylic acids is 2. The van der Waals surface area contributed by atoms with Gasteiger partial charge in [0.25, 0.3) is 5.69 Å². The molecule has 3 rings (SSSR count). The molecule has 0 radical (unpaired) electrons. The molecule has 32 heavy (non-hydrogen) atoms. The van der Waals surface area contributed by atoms with Crippen molar-refractivity contribution < 1.29 is 48.9 Å². The molecule has 0 aliphatic carbocycles. The van der Waals surface area contributed by atoms with Crippen molar-refractivity contribution in [1.82, 2.24) is 10.6 Å². The lowest BCUT2D eigenvalue weighted by atomic mass is 10.1. The van der Waals surface area contributed by atoms with Gasteiger partial charge in [0.1, 0.15) is 0 Å². The van der Waals surface area contributed by atoms with Crippen molar-refractivity contribution in [2.24, 2.45) is 11.5 Å². The number of rotatable bonds is 3.